The third-order valence-corrected chi connectivity index (χ3v) is 4.69. The highest BCUT2D eigenvalue weighted by atomic mass is 16.4. The topological polar surface area (TPSA) is 58.4 Å². The zero-order chi connectivity index (χ0) is 12.9. The fourth-order valence-corrected chi connectivity index (χ4v) is 3.51. The summed E-state index contributed by atoms with van der Waals surface area (Å²) in [5.74, 6) is -0.796. The van der Waals surface area contributed by atoms with Crippen molar-refractivity contribution in [2.75, 3.05) is 0 Å². The van der Waals surface area contributed by atoms with Crippen molar-refractivity contribution in [3.8, 4) is 0 Å². The molecule has 0 aromatic carbocycles. The van der Waals surface area contributed by atoms with Gasteiger partial charge in [0.05, 0.1) is 12.1 Å². The van der Waals surface area contributed by atoms with Gasteiger partial charge in [0.1, 0.15) is 0 Å². The summed E-state index contributed by atoms with van der Waals surface area (Å²) in [6.07, 6.45) is 4.90. The van der Waals surface area contributed by atoms with Crippen LogP contribution in [0.4, 0.5) is 0 Å². The molecule has 3 heterocycles. The van der Waals surface area contributed by atoms with Crippen LogP contribution < -0.4 is 0 Å². The van der Waals surface area contributed by atoms with Crippen molar-refractivity contribution in [1.29, 1.82) is 0 Å². The number of aromatic nitrogens is 2. The van der Waals surface area contributed by atoms with Crippen LogP contribution in [0, 0.1) is 12.8 Å². The minimum Gasteiger partial charge on any atom is -0.481 e. The average molecular weight is 249 g/mol. The Hall–Kier alpha value is -1.36. The Morgan fingerprint density at radius 1 is 1.56 bits per heavy atom. The quantitative estimate of drug-likeness (QED) is 0.873. The summed E-state index contributed by atoms with van der Waals surface area (Å²) in [6.45, 7) is 2.91. The number of carboxylic acids is 1. The van der Waals surface area contributed by atoms with Crippen LogP contribution in [0.2, 0.25) is 0 Å². The molecule has 3 rings (SSSR count). The number of aryl methyl sites for hydroxylation is 1. The lowest BCUT2D eigenvalue weighted by Crippen LogP contribution is -2.32. The van der Waals surface area contributed by atoms with Crippen molar-refractivity contribution in [1.82, 2.24) is 14.7 Å². The first-order valence-corrected chi connectivity index (χ1v) is 6.54. The molecule has 5 heteroatoms. The van der Waals surface area contributed by atoms with Crippen molar-refractivity contribution in [2.45, 2.75) is 44.8 Å². The predicted molar refractivity (Wildman–Crippen MR) is 66.0 cm³/mol. The van der Waals surface area contributed by atoms with Gasteiger partial charge in [-0.15, -0.1) is 0 Å². The summed E-state index contributed by atoms with van der Waals surface area (Å²) < 4.78 is 1.88. The molecule has 0 spiro atoms. The Balaban J connectivity index is 1.78. The van der Waals surface area contributed by atoms with E-state index >= 15 is 0 Å². The molecule has 3 atom stereocenters. The Labute approximate surface area is 106 Å². The molecule has 5 nitrogen and oxygen atoms in total. The highest BCUT2D eigenvalue weighted by Crippen LogP contribution is 2.42. The maximum atomic E-state index is 11.2. The van der Waals surface area contributed by atoms with Gasteiger partial charge < -0.3 is 5.11 Å². The zero-order valence-electron chi connectivity index (χ0n) is 10.8. The van der Waals surface area contributed by atoms with Gasteiger partial charge in [-0.1, -0.05) is 0 Å². The van der Waals surface area contributed by atoms with E-state index in [1.165, 1.54) is 11.3 Å². The van der Waals surface area contributed by atoms with Gasteiger partial charge in [-0.05, 0) is 26.2 Å². The molecule has 0 aliphatic carbocycles. The molecule has 0 saturated carbocycles. The highest BCUT2D eigenvalue weighted by molar-refractivity contribution is 5.71. The van der Waals surface area contributed by atoms with Crippen molar-refractivity contribution in [2.24, 2.45) is 13.0 Å². The van der Waals surface area contributed by atoms with Crippen LogP contribution >= 0.6 is 0 Å². The first kappa shape index (κ1) is 11.7. The predicted octanol–water partition coefficient (Wildman–Crippen LogP) is 1.17. The molecule has 2 aliphatic rings. The summed E-state index contributed by atoms with van der Waals surface area (Å²) in [6, 6.07) is 0.683. The number of carbonyl (C=O) groups is 1. The second-order valence-corrected chi connectivity index (χ2v) is 5.53. The van der Waals surface area contributed by atoms with Crippen molar-refractivity contribution in [3.63, 3.8) is 0 Å². The first-order valence-electron chi connectivity index (χ1n) is 6.54. The Morgan fingerprint density at radius 2 is 2.33 bits per heavy atom. The third-order valence-electron chi connectivity index (χ3n) is 4.69. The molecular formula is C13H19N3O2. The summed E-state index contributed by atoms with van der Waals surface area (Å²) in [5.41, 5.74) is 2.40. The monoisotopic (exact) mass is 249 g/mol. The van der Waals surface area contributed by atoms with Gasteiger partial charge in [0.25, 0.3) is 0 Å². The molecular weight excluding hydrogens is 230 g/mol. The third kappa shape index (κ3) is 1.65. The van der Waals surface area contributed by atoms with Crippen LogP contribution in [0.25, 0.3) is 0 Å². The van der Waals surface area contributed by atoms with Crippen LogP contribution in [0.3, 0.4) is 0 Å². The molecule has 2 fully saturated rings. The standard InChI is InChI=1S/C13H19N3O2/c1-8-9(6-14-15(8)2)7-16-10-3-4-12(16)11(5-10)13(17)18/h6,10-12H,3-5,7H2,1-2H3,(H,17,18). The van der Waals surface area contributed by atoms with Crippen molar-refractivity contribution >= 4 is 5.97 Å². The summed E-state index contributed by atoms with van der Waals surface area (Å²) >= 11 is 0. The molecule has 1 N–H and O–H groups in total. The largest absolute Gasteiger partial charge is 0.481 e. The van der Waals surface area contributed by atoms with Gasteiger partial charge >= 0.3 is 5.97 Å². The van der Waals surface area contributed by atoms with Gasteiger partial charge in [-0.3, -0.25) is 14.4 Å². The van der Waals surface area contributed by atoms with E-state index in [9.17, 15) is 9.90 Å². The molecule has 1 aromatic heterocycles. The number of rotatable bonds is 3. The maximum Gasteiger partial charge on any atom is 0.308 e. The first-order chi connectivity index (χ1) is 8.58. The van der Waals surface area contributed by atoms with Crippen molar-refractivity contribution in [3.05, 3.63) is 17.5 Å². The molecule has 0 radical (unpaired) electrons. The van der Waals surface area contributed by atoms with Gasteiger partial charge in [0, 0.05) is 36.9 Å². The van der Waals surface area contributed by atoms with E-state index < -0.39 is 5.97 Å². The van der Waals surface area contributed by atoms with Crippen LogP contribution in [-0.2, 0) is 18.4 Å². The van der Waals surface area contributed by atoms with Crippen molar-refractivity contribution < 1.29 is 9.90 Å². The Bertz CT molecular complexity index is 483. The lowest BCUT2D eigenvalue weighted by atomic mass is 9.89. The molecule has 3 unspecified atom stereocenters. The van der Waals surface area contributed by atoms with Crippen LogP contribution in [-0.4, -0.2) is 37.8 Å². The van der Waals surface area contributed by atoms with Crippen LogP contribution in [0.1, 0.15) is 30.5 Å². The maximum absolute atomic E-state index is 11.2. The van der Waals surface area contributed by atoms with E-state index in [2.05, 4.69) is 16.9 Å². The second kappa shape index (κ2) is 4.09. The average Bonchev–Trinajstić information content (AvgIpc) is 2.98. The van der Waals surface area contributed by atoms with E-state index in [-0.39, 0.29) is 12.0 Å². The van der Waals surface area contributed by atoms with E-state index in [0.29, 0.717) is 6.04 Å². The highest BCUT2D eigenvalue weighted by Gasteiger charge is 2.49. The smallest absolute Gasteiger partial charge is 0.308 e. The Morgan fingerprint density at radius 3 is 2.89 bits per heavy atom. The van der Waals surface area contributed by atoms with Gasteiger partial charge in [0.15, 0.2) is 0 Å². The Kier molecular flexibility index (Phi) is 2.66. The number of aliphatic carboxylic acids is 1. The minimum absolute atomic E-state index is 0.166. The van der Waals surface area contributed by atoms with E-state index in [0.717, 1.165) is 25.8 Å². The number of fused-ring (bicyclic) bond motifs is 2. The van der Waals surface area contributed by atoms with E-state index in [4.69, 9.17) is 0 Å². The molecule has 0 amide bonds. The normalized spacial score (nSPS) is 31.1. The summed E-state index contributed by atoms with van der Waals surface area (Å²) in [4.78, 5) is 13.6. The minimum atomic E-state index is -0.630. The molecule has 1 aromatic rings. The molecule has 2 aliphatic heterocycles. The number of carboxylic acid groups (broad SMARTS) is 1. The SMILES string of the molecule is Cc1c(CN2C3CCC2C(C(=O)O)C3)cnn1C. The fraction of sp³-hybridized carbons (Fsp3) is 0.692. The zero-order valence-corrected chi connectivity index (χ0v) is 10.8. The lowest BCUT2D eigenvalue weighted by molar-refractivity contribution is -0.142. The number of nitrogens with zero attached hydrogens (tertiary/aromatic N) is 3. The molecule has 98 valence electrons. The molecule has 2 bridgehead atoms. The number of hydrogen-bond acceptors (Lipinski definition) is 3. The van der Waals surface area contributed by atoms with E-state index in [1.807, 2.05) is 17.9 Å². The summed E-state index contributed by atoms with van der Waals surface area (Å²) in [7, 11) is 1.94. The van der Waals surface area contributed by atoms with Gasteiger partial charge in [-0.25, -0.2) is 0 Å². The van der Waals surface area contributed by atoms with E-state index in [1.54, 1.807) is 0 Å². The summed E-state index contributed by atoms with van der Waals surface area (Å²) in [5, 5.41) is 13.5. The number of hydrogen-bond donors (Lipinski definition) is 1. The van der Waals surface area contributed by atoms with Gasteiger partial charge in [0.2, 0.25) is 0 Å². The fourth-order valence-electron chi connectivity index (χ4n) is 3.51. The molecule has 2 saturated heterocycles. The van der Waals surface area contributed by atoms with Gasteiger partial charge in [-0.2, -0.15) is 5.10 Å². The van der Waals surface area contributed by atoms with Crippen LogP contribution in [0.5, 0.6) is 0 Å². The van der Waals surface area contributed by atoms with Crippen LogP contribution in [0.15, 0.2) is 6.20 Å². The lowest BCUT2D eigenvalue weighted by Gasteiger charge is -2.22. The molecule has 18 heavy (non-hydrogen) atoms. The second-order valence-electron chi connectivity index (χ2n) is 5.53.